The number of hydrogen-bond donors (Lipinski definition) is 2. The van der Waals surface area contributed by atoms with Crippen LogP contribution in [0.5, 0.6) is 0 Å². The van der Waals surface area contributed by atoms with Crippen molar-refractivity contribution < 1.29 is 4.79 Å². The number of urea groups is 1. The average Bonchev–Trinajstić information content (AvgIpc) is 2.84. The number of carbonyl (C=O) groups excluding carboxylic acids is 1. The van der Waals surface area contributed by atoms with Gasteiger partial charge in [0.05, 0.1) is 6.04 Å². The van der Waals surface area contributed by atoms with Crippen molar-refractivity contribution in [3.05, 3.63) is 0 Å². The van der Waals surface area contributed by atoms with Crippen LogP contribution in [0.3, 0.4) is 0 Å². The summed E-state index contributed by atoms with van der Waals surface area (Å²) in [6.45, 7) is 3.41. The van der Waals surface area contributed by atoms with E-state index in [0.717, 1.165) is 6.54 Å². The molecule has 1 saturated carbocycles. The molecule has 0 aromatic heterocycles. The Morgan fingerprint density at radius 3 is 2.80 bits per heavy atom. The van der Waals surface area contributed by atoms with Crippen LogP contribution >= 0.6 is 0 Å². The Balaban J connectivity index is 1.93. The van der Waals surface area contributed by atoms with E-state index < -0.39 is 0 Å². The van der Waals surface area contributed by atoms with Gasteiger partial charge in [-0.05, 0) is 25.7 Å². The molecule has 4 heteroatoms. The van der Waals surface area contributed by atoms with Crippen LogP contribution < -0.4 is 11.1 Å². The number of amides is 2. The standard InChI is InChI=1S/C11H21N3O/c1-8(6-12)14-7-10(13-11(14)15)9-4-2-3-5-9/h8-10H,2-7,12H2,1H3,(H,13,15). The molecule has 2 aliphatic rings. The lowest BCUT2D eigenvalue weighted by Crippen LogP contribution is -2.40. The molecule has 2 rings (SSSR count). The maximum atomic E-state index is 11.7. The highest BCUT2D eigenvalue weighted by Crippen LogP contribution is 2.30. The van der Waals surface area contributed by atoms with Crippen molar-refractivity contribution >= 4 is 6.03 Å². The SMILES string of the molecule is CC(CN)N1CC(C2CCCC2)NC1=O. The van der Waals surface area contributed by atoms with Crippen LogP contribution in [0.25, 0.3) is 0 Å². The Hall–Kier alpha value is -0.770. The minimum Gasteiger partial charge on any atom is -0.333 e. The summed E-state index contributed by atoms with van der Waals surface area (Å²) in [4.78, 5) is 13.6. The van der Waals surface area contributed by atoms with Crippen LogP contribution in [-0.2, 0) is 0 Å². The number of nitrogens with zero attached hydrogens (tertiary/aromatic N) is 1. The van der Waals surface area contributed by atoms with Gasteiger partial charge in [-0.25, -0.2) is 4.79 Å². The molecule has 1 aliphatic heterocycles. The maximum Gasteiger partial charge on any atom is 0.318 e. The van der Waals surface area contributed by atoms with Crippen molar-refractivity contribution in [2.45, 2.75) is 44.7 Å². The van der Waals surface area contributed by atoms with E-state index in [4.69, 9.17) is 5.73 Å². The largest absolute Gasteiger partial charge is 0.333 e. The molecule has 2 amide bonds. The van der Waals surface area contributed by atoms with Crippen LogP contribution in [-0.4, -0.2) is 36.1 Å². The van der Waals surface area contributed by atoms with Gasteiger partial charge >= 0.3 is 6.03 Å². The monoisotopic (exact) mass is 211 g/mol. The second-order valence-corrected chi connectivity index (χ2v) is 4.84. The molecule has 15 heavy (non-hydrogen) atoms. The Bertz CT molecular complexity index is 238. The zero-order valence-electron chi connectivity index (χ0n) is 9.41. The van der Waals surface area contributed by atoms with Gasteiger partial charge in [0.25, 0.3) is 0 Å². The summed E-state index contributed by atoms with van der Waals surface area (Å²) in [5.41, 5.74) is 5.59. The summed E-state index contributed by atoms with van der Waals surface area (Å²) in [5, 5.41) is 3.09. The highest BCUT2D eigenvalue weighted by Gasteiger charge is 2.36. The molecule has 4 nitrogen and oxygen atoms in total. The Labute approximate surface area is 91.2 Å². The first-order chi connectivity index (χ1) is 7.22. The summed E-state index contributed by atoms with van der Waals surface area (Å²) < 4.78 is 0. The minimum absolute atomic E-state index is 0.0739. The normalized spacial score (nSPS) is 29.6. The molecular weight excluding hydrogens is 190 g/mol. The lowest BCUT2D eigenvalue weighted by molar-refractivity contribution is 0.203. The first-order valence-corrected chi connectivity index (χ1v) is 5.99. The van der Waals surface area contributed by atoms with Gasteiger partial charge in [-0.15, -0.1) is 0 Å². The van der Waals surface area contributed by atoms with Crippen molar-refractivity contribution in [3.8, 4) is 0 Å². The first-order valence-electron chi connectivity index (χ1n) is 5.99. The summed E-state index contributed by atoms with van der Waals surface area (Å²) in [7, 11) is 0. The third-order valence-electron chi connectivity index (χ3n) is 3.81. The number of hydrogen-bond acceptors (Lipinski definition) is 2. The van der Waals surface area contributed by atoms with Gasteiger partial charge < -0.3 is 16.0 Å². The molecule has 0 bridgehead atoms. The molecule has 0 spiro atoms. The zero-order chi connectivity index (χ0) is 10.8. The third-order valence-corrected chi connectivity index (χ3v) is 3.81. The van der Waals surface area contributed by atoms with Crippen LogP contribution in [0, 0.1) is 5.92 Å². The lowest BCUT2D eigenvalue weighted by atomic mass is 9.99. The average molecular weight is 211 g/mol. The summed E-state index contributed by atoms with van der Waals surface area (Å²) in [6, 6.07) is 0.607. The maximum absolute atomic E-state index is 11.7. The molecular formula is C11H21N3O. The van der Waals surface area contributed by atoms with Gasteiger partial charge in [0.1, 0.15) is 0 Å². The van der Waals surface area contributed by atoms with Crippen LogP contribution in [0.4, 0.5) is 4.79 Å². The quantitative estimate of drug-likeness (QED) is 0.729. The van der Waals surface area contributed by atoms with E-state index in [1.54, 1.807) is 0 Å². The van der Waals surface area contributed by atoms with Crippen LogP contribution in [0.15, 0.2) is 0 Å². The van der Waals surface area contributed by atoms with E-state index in [-0.39, 0.29) is 12.1 Å². The second-order valence-electron chi connectivity index (χ2n) is 4.84. The number of nitrogens with one attached hydrogen (secondary N) is 1. The minimum atomic E-state index is 0.0739. The van der Waals surface area contributed by atoms with Crippen molar-refractivity contribution in [2.24, 2.45) is 11.7 Å². The molecule has 2 atom stereocenters. The summed E-state index contributed by atoms with van der Waals surface area (Å²) in [6.07, 6.45) is 5.19. The molecule has 2 fully saturated rings. The smallest absolute Gasteiger partial charge is 0.318 e. The highest BCUT2D eigenvalue weighted by atomic mass is 16.2. The second kappa shape index (κ2) is 4.39. The number of carbonyl (C=O) groups is 1. The molecule has 2 unspecified atom stereocenters. The first kappa shape index (κ1) is 10.7. The van der Waals surface area contributed by atoms with Gasteiger partial charge in [0.15, 0.2) is 0 Å². The fraction of sp³-hybridized carbons (Fsp3) is 0.909. The summed E-state index contributed by atoms with van der Waals surface area (Å²) in [5.74, 6) is 0.698. The van der Waals surface area contributed by atoms with Crippen LogP contribution in [0.2, 0.25) is 0 Å². The Morgan fingerprint density at radius 1 is 1.53 bits per heavy atom. The number of nitrogens with two attached hydrogens (primary N) is 1. The van der Waals surface area contributed by atoms with E-state index in [1.807, 2.05) is 11.8 Å². The van der Waals surface area contributed by atoms with Gasteiger partial charge in [0.2, 0.25) is 0 Å². The van der Waals surface area contributed by atoms with Gasteiger partial charge in [-0.2, -0.15) is 0 Å². The predicted molar refractivity (Wildman–Crippen MR) is 59.5 cm³/mol. The highest BCUT2D eigenvalue weighted by molar-refractivity contribution is 5.77. The van der Waals surface area contributed by atoms with Crippen molar-refractivity contribution in [2.75, 3.05) is 13.1 Å². The van der Waals surface area contributed by atoms with Gasteiger partial charge in [-0.1, -0.05) is 12.8 Å². The molecule has 1 aliphatic carbocycles. The number of rotatable bonds is 3. The van der Waals surface area contributed by atoms with Crippen molar-refractivity contribution in [3.63, 3.8) is 0 Å². The van der Waals surface area contributed by atoms with Crippen molar-refractivity contribution in [1.29, 1.82) is 0 Å². The molecule has 0 aromatic carbocycles. The molecule has 1 heterocycles. The molecule has 1 saturated heterocycles. The lowest BCUT2D eigenvalue weighted by Gasteiger charge is -2.22. The van der Waals surface area contributed by atoms with E-state index in [2.05, 4.69) is 5.32 Å². The fourth-order valence-electron chi connectivity index (χ4n) is 2.72. The Kier molecular flexibility index (Phi) is 3.14. The molecule has 0 aromatic rings. The van der Waals surface area contributed by atoms with E-state index in [0.29, 0.717) is 18.5 Å². The fourth-order valence-corrected chi connectivity index (χ4v) is 2.72. The van der Waals surface area contributed by atoms with Gasteiger partial charge in [0, 0.05) is 19.1 Å². The zero-order valence-corrected chi connectivity index (χ0v) is 9.41. The van der Waals surface area contributed by atoms with Gasteiger partial charge in [-0.3, -0.25) is 0 Å². The van der Waals surface area contributed by atoms with Crippen LogP contribution in [0.1, 0.15) is 32.6 Å². The van der Waals surface area contributed by atoms with E-state index in [1.165, 1.54) is 25.7 Å². The van der Waals surface area contributed by atoms with E-state index >= 15 is 0 Å². The molecule has 86 valence electrons. The molecule has 3 N–H and O–H groups in total. The van der Waals surface area contributed by atoms with E-state index in [9.17, 15) is 4.79 Å². The Morgan fingerprint density at radius 2 is 2.20 bits per heavy atom. The third kappa shape index (κ3) is 2.09. The van der Waals surface area contributed by atoms with Crippen molar-refractivity contribution in [1.82, 2.24) is 10.2 Å². The topological polar surface area (TPSA) is 58.4 Å². The predicted octanol–water partition coefficient (Wildman–Crippen LogP) is 0.918. The molecule has 0 radical (unpaired) electrons. The summed E-state index contributed by atoms with van der Waals surface area (Å²) >= 11 is 0.